The number of aliphatic hydroxyl groups excluding tert-OH is 2. The lowest BCUT2D eigenvalue weighted by Gasteiger charge is -2.18. The van der Waals surface area contributed by atoms with Crippen LogP contribution in [-0.4, -0.2) is 22.9 Å². The molecule has 0 saturated carbocycles. The topological polar surface area (TPSA) is 40.5 Å². The maximum absolute atomic E-state index is 10.4. The number of aliphatic hydroxyl groups is 2. The fourth-order valence-electron chi connectivity index (χ4n) is 3.04. The van der Waals surface area contributed by atoms with Crippen molar-refractivity contribution >= 4 is 0 Å². The van der Waals surface area contributed by atoms with Crippen LogP contribution in [0.25, 0.3) is 0 Å². The zero-order valence-electron chi connectivity index (χ0n) is 18.7. The first-order valence-electron chi connectivity index (χ1n) is 10.6. The fraction of sp³-hybridized carbons (Fsp3) is 0.680. The van der Waals surface area contributed by atoms with E-state index in [1.54, 1.807) is 0 Å². The molecule has 2 nitrogen and oxygen atoms in total. The fourth-order valence-corrected chi connectivity index (χ4v) is 3.04. The quantitative estimate of drug-likeness (QED) is 0.324. The lowest BCUT2D eigenvalue weighted by Crippen LogP contribution is -2.17. The molecular formula is C25H44O2. The van der Waals surface area contributed by atoms with Crippen LogP contribution >= 0.6 is 0 Å². The molecule has 0 aromatic carbocycles. The summed E-state index contributed by atoms with van der Waals surface area (Å²) in [6, 6.07) is 0. The van der Waals surface area contributed by atoms with E-state index < -0.39 is 0 Å². The van der Waals surface area contributed by atoms with Gasteiger partial charge in [0.1, 0.15) is 0 Å². The van der Waals surface area contributed by atoms with Gasteiger partial charge in [-0.25, -0.2) is 0 Å². The van der Waals surface area contributed by atoms with E-state index in [4.69, 9.17) is 5.11 Å². The summed E-state index contributed by atoms with van der Waals surface area (Å²) in [5.41, 5.74) is 5.44. The van der Waals surface area contributed by atoms with Gasteiger partial charge in [0.05, 0.1) is 12.7 Å². The second-order valence-corrected chi connectivity index (χ2v) is 8.35. The van der Waals surface area contributed by atoms with Gasteiger partial charge in [-0.3, -0.25) is 0 Å². The number of hydrogen-bond acceptors (Lipinski definition) is 2. The molecule has 2 N–H and O–H groups in total. The molecule has 2 heteroatoms. The molecule has 27 heavy (non-hydrogen) atoms. The van der Waals surface area contributed by atoms with Crippen molar-refractivity contribution < 1.29 is 10.2 Å². The minimum absolute atomic E-state index is 0.128. The van der Waals surface area contributed by atoms with Crippen LogP contribution in [0.15, 0.2) is 46.6 Å². The lowest BCUT2D eigenvalue weighted by molar-refractivity contribution is 0.104. The average Bonchev–Trinajstić information content (AvgIpc) is 2.59. The number of allylic oxidation sites excluding steroid dienone is 7. The maximum atomic E-state index is 10.4. The Balaban J connectivity index is 4.08. The minimum atomic E-state index is -0.219. The first-order chi connectivity index (χ1) is 12.8. The molecule has 0 aliphatic rings. The van der Waals surface area contributed by atoms with Crippen molar-refractivity contribution in [2.75, 3.05) is 6.61 Å². The van der Waals surface area contributed by atoms with Crippen LogP contribution in [0.4, 0.5) is 0 Å². The van der Waals surface area contributed by atoms with Crippen molar-refractivity contribution in [2.24, 2.45) is 5.92 Å². The molecule has 0 aromatic rings. The van der Waals surface area contributed by atoms with Crippen molar-refractivity contribution in [2.45, 2.75) is 99.0 Å². The second-order valence-electron chi connectivity index (χ2n) is 8.35. The molecule has 0 aliphatic carbocycles. The molecular weight excluding hydrogens is 332 g/mol. The standard InChI is InChI=1S/C25H44O2/c1-20(2)10-7-11-21(3)14-9-15-24(6)25(27)17-16-22(4)12-8-13-23(5)18-19-26/h10,12,14,18,24-27H,7-9,11,13,15-17,19H2,1-6H3/b21-14+,22-12+,23-18+. The van der Waals surface area contributed by atoms with Crippen molar-refractivity contribution in [3.8, 4) is 0 Å². The van der Waals surface area contributed by atoms with Crippen molar-refractivity contribution in [1.29, 1.82) is 0 Å². The average molecular weight is 377 g/mol. The van der Waals surface area contributed by atoms with Gasteiger partial charge in [0, 0.05) is 0 Å². The van der Waals surface area contributed by atoms with E-state index in [0.717, 1.165) is 51.4 Å². The van der Waals surface area contributed by atoms with Gasteiger partial charge < -0.3 is 10.2 Å². The Bertz CT molecular complexity index is 504. The molecule has 0 bridgehead atoms. The van der Waals surface area contributed by atoms with Gasteiger partial charge in [-0.2, -0.15) is 0 Å². The summed E-state index contributed by atoms with van der Waals surface area (Å²) in [5, 5.41) is 19.3. The molecule has 156 valence electrons. The Morgan fingerprint density at radius 2 is 1.22 bits per heavy atom. The summed E-state index contributed by atoms with van der Waals surface area (Å²) in [6.45, 7) is 13.0. The highest BCUT2D eigenvalue weighted by atomic mass is 16.3. The molecule has 2 atom stereocenters. The third-order valence-electron chi connectivity index (χ3n) is 5.17. The third-order valence-corrected chi connectivity index (χ3v) is 5.17. The van der Waals surface area contributed by atoms with Crippen LogP contribution in [-0.2, 0) is 0 Å². The Morgan fingerprint density at radius 3 is 1.81 bits per heavy atom. The van der Waals surface area contributed by atoms with E-state index in [1.807, 2.05) is 6.08 Å². The van der Waals surface area contributed by atoms with E-state index >= 15 is 0 Å². The van der Waals surface area contributed by atoms with Crippen LogP contribution in [0, 0.1) is 5.92 Å². The van der Waals surface area contributed by atoms with Crippen LogP contribution < -0.4 is 0 Å². The highest BCUT2D eigenvalue weighted by Gasteiger charge is 2.13. The van der Waals surface area contributed by atoms with Crippen molar-refractivity contribution in [3.63, 3.8) is 0 Å². The minimum Gasteiger partial charge on any atom is -0.393 e. The lowest BCUT2D eigenvalue weighted by atomic mass is 9.93. The maximum Gasteiger partial charge on any atom is 0.0614 e. The van der Waals surface area contributed by atoms with Gasteiger partial charge in [0.25, 0.3) is 0 Å². The molecule has 0 fully saturated rings. The van der Waals surface area contributed by atoms with Crippen molar-refractivity contribution in [3.05, 3.63) is 46.6 Å². The SMILES string of the molecule is CC(C)=CCC/C(C)=C/CCC(C)C(O)CC/C(C)=C/CC/C(C)=C/CO. The van der Waals surface area contributed by atoms with E-state index in [9.17, 15) is 5.11 Å². The third kappa shape index (κ3) is 15.6. The highest BCUT2D eigenvalue weighted by Crippen LogP contribution is 2.19. The van der Waals surface area contributed by atoms with Crippen molar-refractivity contribution in [1.82, 2.24) is 0 Å². The van der Waals surface area contributed by atoms with Gasteiger partial charge in [0.15, 0.2) is 0 Å². The summed E-state index contributed by atoms with van der Waals surface area (Å²) in [7, 11) is 0. The second kappa shape index (κ2) is 15.9. The monoisotopic (exact) mass is 376 g/mol. The molecule has 2 unspecified atom stereocenters. The molecule has 0 aromatic heterocycles. The summed E-state index contributed by atoms with van der Waals surface area (Å²) in [6.07, 6.45) is 16.7. The Labute approximate surface area is 168 Å². The smallest absolute Gasteiger partial charge is 0.0614 e. The summed E-state index contributed by atoms with van der Waals surface area (Å²) < 4.78 is 0. The summed E-state index contributed by atoms with van der Waals surface area (Å²) >= 11 is 0. The molecule has 0 heterocycles. The predicted octanol–water partition coefficient (Wildman–Crippen LogP) is 6.90. The molecule has 0 amide bonds. The molecule has 0 spiro atoms. The zero-order valence-corrected chi connectivity index (χ0v) is 18.7. The van der Waals surface area contributed by atoms with Crippen LogP contribution in [0.2, 0.25) is 0 Å². The summed E-state index contributed by atoms with van der Waals surface area (Å²) in [4.78, 5) is 0. The number of hydrogen-bond donors (Lipinski definition) is 2. The summed E-state index contributed by atoms with van der Waals surface area (Å²) in [5.74, 6) is 0.342. The van der Waals surface area contributed by atoms with Gasteiger partial charge in [-0.15, -0.1) is 0 Å². The molecule has 0 saturated heterocycles. The van der Waals surface area contributed by atoms with Crippen LogP contribution in [0.5, 0.6) is 0 Å². The Kier molecular flexibility index (Phi) is 15.2. The molecule has 0 rings (SSSR count). The van der Waals surface area contributed by atoms with Gasteiger partial charge >= 0.3 is 0 Å². The van der Waals surface area contributed by atoms with E-state index in [-0.39, 0.29) is 12.7 Å². The zero-order chi connectivity index (χ0) is 20.7. The van der Waals surface area contributed by atoms with Gasteiger partial charge in [-0.1, -0.05) is 53.5 Å². The first kappa shape index (κ1) is 25.9. The van der Waals surface area contributed by atoms with E-state index in [1.165, 1.54) is 22.3 Å². The van der Waals surface area contributed by atoms with E-state index in [0.29, 0.717) is 5.92 Å². The predicted molar refractivity (Wildman–Crippen MR) is 120 cm³/mol. The highest BCUT2D eigenvalue weighted by molar-refractivity contribution is 5.04. The van der Waals surface area contributed by atoms with E-state index in [2.05, 4.69) is 59.8 Å². The Morgan fingerprint density at radius 1 is 0.704 bits per heavy atom. The first-order valence-corrected chi connectivity index (χ1v) is 10.6. The normalized spacial score (nSPS) is 15.6. The molecule has 0 aliphatic heterocycles. The number of rotatable bonds is 14. The van der Waals surface area contributed by atoms with Gasteiger partial charge in [-0.05, 0) is 91.9 Å². The van der Waals surface area contributed by atoms with Gasteiger partial charge in [0.2, 0.25) is 0 Å². The largest absolute Gasteiger partial charge is 0.393 e. The van der Waals surface area contributed by atoms with Crippen LogP contribution in [0.3, 0.4) is 0 Å². The molecule has 0 radical (unpaired) electrons. The van der Waals surface area contributed by atoms with Crippen LogP contribution in [0.1, 0.15) is 92.9 Å². The Hall–Kier alpha value is -1.12.